The SMILES string of the molecule is Cc1cccc(NS(=O)(=O)c2ccc(-c3ccccc3Cl)c(C)c2)n1. The second-order valence-corrected chi connectivity index (χ2v) is 7.82. The highest BCUT2D eigenvalue weighted by atomic mass is 35.5. The molecule has 1 N–H and O–H groups in total. The number of rotatable bonds is 4. The molecule has 6 heteroatoms. The predicted molar refractivity (Wildman–Crippen MR) is 101 cm³/mol. The van der Waals surface area contributed by atoms with E-state index in [0.29, 0.717) is 10.8 Å². The highest BCUT2D eigenvalue weighted by molar-refractivity contribution is 7.92. The first kappa shape index (κ1) is 17.5. The summed E-state index contributed by atoms with van der Waals surface area (Å²) in [6, 6.07) is 17.6. The molecule has 2 aromatic carbocycles. The highest BCUT2D eigenvalue weighted by Gasteiger charge is 2.17. The van der Waals surface area contributed by atoms with Crippen LogP contribution in [0.15, 0.2) is 65.6 Å². The Hall–Kier alpha value is -2.37. The maximum atomic E-state index is 12.6. The maximum absolute atomic E-state index is 12.6. The quantitative estimate of drug-likeness (QED) is 0.714. The minimum atomic E-state index is -3.71. The van der Waals surface area contributed by atoms with Gasteiger partial charge in [0, 0.05) is 16.3 Å². The number of aromatic nitrogens is 1. The van der Waals surface area contributed by atoms with E-state index in [1.165, 1.54) is 0 Å². The van der Waals surface area contributed by atoms with Gasteiger partial charge in [-0.3, -0.25) is 4.72 Å². The Balaban J connectivity index is 1.96. The summed E-state index contributed by atoms with van der Waals surface area (Å²) in [5, 5.41) is 0.628. The number of benzene rings is 2. The number of hydrogen-bond acceptors (Lipinski definition) is 3. The lowest BCUT2D eigenvalue weighted by Crippen LogP contribution is -2.14. The molecule has 0 aliphatic rings. The average molecular weight is 373 g/mol. The summed E-state index contributed by atoms with van der Waals surface area (Å²) in [6.45, 7) is 3.67. The fraction of sp³-hybridized carbons (Fsp3) is 0.105. The lowest BCUT2D eigenvalue weighted by atomic mass is 10.0. The molecular formula is C19H17ClN2O2S. The molecule has 128 valence electrons. The van der Waals surface area contributed by atoms with Crippen molar-refractivity contribution in [2.45, 2.75) is 18.7 Å². The third kappa shape index (κ3) is 3.83. The van der Waals surface area contributed by atoms with Crippen LogP contribution in [-0.2, 0) is 10.0 Å². The minimum absolute atomic E-state index is 0.184. The van der Waals surface area contributed by atoms with Gasteiger partial charge in [-0.15, -0.1) is 0 Å². The molecule has 1 aromatic heterocycles. The van der Waals surface area contributed by atoms with Crippen LogP contribution in [0.3, 0.4) is 0 Å². The monoisotopic (exact) mass is 372 g/mol. The molecule has 3 aromatic rings. The Morgan fingerprint density at radius 1 is 0.920 bits per heavy atom. The van der Waals surface area contributed by atoms with Gasteiger partial charge >= 0.3 is 0 Å². The second-order valence-electron chi connectivity index (χ2n) is 5.73. The van der Waals surface area contributed by atoms with Crippen molar-refractivity contribution in [1.29, 1.82) is 0 Å². The maximum Gasteiger partial charge on any atom is 0.263 e. The molecular weight excluding hydrogens is 356 g/mol. The van der Waals surface area contributed by atoms with Gasteiger partial charge in [-0.25, -0.2) is 13.4 Å². The van der Waals surface area contributed by atoms with E-state index >= 15 is 0 Å². The Morgan fingerprint density at radius 2 is 1.68 bits per heavy atom. The largest absolute Gasteiger partial charge is 0.263 e. The zero-order valence-corrected chi connectivity index (χ0v) is 15.4. The Morgan fingerprint density at radius 3 is 2.36 bits per heavy atom. The standard InChI is InChI=1S/C19H17ClN2O2S/c1-13-12-15(10-11-16(13)17-7-3-4-8-18(17)20)25(23,24)22-19-9-5-6-14(2)21-19/h3-12H,1-2H3,(H,21,22). The molecule has 3 rings (SSSR count). The first-order valence-corrected chi connectivity index (χ1v) is 9.55. The normalized spacial score (nSPS) is 11.3. The summed E-state index contributed by atoms with van der Waals surface area (Å²) in [6.07, 6.45) is 0. The molecule has 0 amide bonds. The van der Waals surface area contributed by atoms with E-state index in [9.17, 15) is 8.42 Å². The Labute approximate surface area is 152 Å². The number of sulfonamides is 1. The number of hydrogen-bond donors (Lipinski definition) is 1. The summed E-state index contributed by atoms with van der Waals surface area (Å²) in [4.78, 5) is 4.36. The van der Waals surface area contributed by atoms with Crippen molar-refractivity contribution in [3.63, 3.8) is 0 Å². The van der Waals surface area contributed by atoms with Gasteiger partial charge < -0.3 is 0 Å². The van der Waals surface area contributed by atoms with Gasteiger partial charge in [0.1, 0.15) is 5.82 Å². The van der Waals surface area contributed by atoms with Crippen LogP contribution in [0.2, 0.25) is 5.02 Å². The van der Waals surface area contributed by atoms with Crippen molar-refractivity contribution in [3.8, 4) is 11.1 Å². The van der Waals surface area contributed by atoms with E-state index in [4.69, 9.17) is 11.6 Å². The number of nitrogens with zero attached hydrogens (tertiary/aromatic N) is 1. The molecule has 1 heterocycles. The van der Waals surface area contributed by atoms with Gasteiger partial charge in [-0.05, 0) is 55.3 Å². The number of halogens is 1. The van der Waals surface area contributed by atoms with Crippen molar-refractivity contribution in [1.82, 2.24) is 4.98 Å². The van der Waals surface area contributed by atoms with Crippen molar-refractivity contribution in [2.75, 3.05) is 4.72 Å². The molecule has 0 aliphatic carbocycles. The smallest absolute Gasteiger partial charge is 0.263 e. The third-order valence-electron chi connectivity index (χ3n) is 3.80. The van der Waals surface area contributed by atoms with Gasteiger partial charge in [0.15, 0.2) is 0 Å². The summed E-state index contributed by atoms with van der Waals surface area (Å²) < 4.78 is 27.7. The molecule has 0 saturated carbocycles. The predicted octanol–water partition coefficient (Wildman–Crippen LogP) is 4.82. The van der Waals surface area contributed by atoms with Crippen LogP contribution in [0.5, 0.6) is 0 Å². The van der Waals surface area contributed by atoms with Crippen LogP contribution in [0.4, 0.5) is 5.82 Å². The van der Waals surface area contributed by atoms with E-state index < -0.39 is 10.0 Å². The number of nitrogens with one attached hydrogen (secondary N) is 1. The van der Waals surface area contributed by atoms with Crippen molar-refractivity contribution >= 4 is 27.4 Å². The zero-order chi connectivity index (χ0) is 18.0. The molecule has 0 bridgehead atoms. The van der Waals surface area contributed by atoms with E-state index in [1.54, 1.807) is 43.3 Å². The van der Waals surface area contributed by atoms with Crippen molar-refractivity contribution in [2.24, 2.45) is 0 Å². The lowest BCUT2D eigenvalue weighted by Gasteiger charge is -2.12. The van der Waals surface area contributed by atoms with Crippen LogP contribution in [0, 0.1) is 13.8 Å². The molecule has 0 atom stereocenters. The highest BCUT2D eigenvalue weighted by Crippen LogP contribution is 2.31. The number of pyridine rings is 1. The minimum Gasteiger partial charge on any atom is -0.263 e. The van der Waals surface area contributed by atoms with Gasteiger partial charge in [0.2, 0.25) is 0 Å². The average Bonchev–Trinajstić information content (AvgIpc) is 2.55. The van der Waals surface area contributed by atoms with Gasteiger partial charge in [0.05, 0.1) is 4.90 Å². The third-order valence-corrected chi connectivity index (χ3v) is 5.48. The van der Waals surface area contributed by atoms with Crippen LogP contribution in [-0.4, -0.2) is 13.4 Å². The van der Waals surface area contributed by atoms with Crippen molar-refractivity contribution in [3.05, 3.63) is 76.9 Å². The molecule has 0 radical (unpaired) electrons. The summed E-state index contributed by atoms with van der Waals surface area (Å²) in [5.41, 5.74) is 3.34. The first-order chi connectivity index (χ1) is 11.9. The molecule has 4 nitrogen and oxygen atoms in total. The number of anilines is 1. The Kier molecular flexibility index (Phi) is 4.79. The molecule has 25 heavy (non-hydrogen) atoms. The topological polar surface area (TPSA) is 59.1 Å². The summed E-state index contributed by atoms with van der Waals surface area (Å²) in [7, 11) is -3.71. The Bertz CT molecular complexity index is 1030. The fourth-order valence-electron chi connectivity index (χ4n) is 2.58. The summed E-state index contributed by atoms with van der Waals surface area (Å²) >= 11 is 6.24. The lowest BCUT2D eigenvalue weighted by molar-refractivity contribution is 0.601. The van der Waals surface area contributed by atoms with Gasteiger partial charge in [-0.1, -0.05) is 41.9 Å². The number of aryl methyl sites for hydroxylation is 2. The molecule has 0 fully saturated rings. The molecule has 0 aliphatic heterocycles. The van der Waals surface area contributed by atoms with Crippen LogP contribution in [0.25, 0.3) is 11.1 Å². The van der Waals surface area contributed by atoms with Gasteiger partial charge in [0.25, 0.3) is 10.0 Å². The van der Waals surface area contributed by atoms with Crippen LogP contribution < -0.4 is 4.72 Å². The first-order valence-electron chi connectivity index (χ1n) is 7.69. The van der Waals surface area contributed by atoms with Gasteiger partial charge in [-0.2, -0.15) is 0 Å². The van der Waals surface area contributed by atoms with E-state index in [2.05, 4.69) is 9.71 Å². The van der Waals surface area contributed by atoms with E-state index in [-0.39, 0.29) is 4.90 Å². The van der Waals surface area contributed by atoms with Crippen molar-refractivity contribution < 1.29 is 8.42 Å². The van der Waals surface area contributed by atoms with E-state index in [1.807, 2.05) is 31.2 Å². The van der Waals surface area contributed by atoms with E-state index in [0.717, 1.165) is 22.4 Å². The molecule has 0 unspecified atom stereocenters. The molecule has 0 spiro atoms. The second kappa shape index (κ2) is 6.86. The zero-order valence-electron chi connectivity index (χ0n) is 13.8. The van der Waals surface area contributed by atoms with Crippen LogP contribution >= 0.6 is 11.6 Å². The van der Waals surface area contributed by atoms with Crippen LogP contribution in [0.1, 0.15) is 11.3 Å². The summed E-state index contributed by atoms with van der Waals surface area (Å²) in [5.74, 6) is 0.299. The molecule has 0 saturated heterocycles. The fourth-order valence-corrected chi connectivity index (χ4v) is 3.91.